The average molecular weight is 374 g/mol. The van der Waals surface area contributed by atoms with Gasteiger partial charge in [0.25, 0.3) is 5.91 Å². The summed E-state index contributed by atoms with van der Waals surface area (Å²) in [4.78, 5) is 15.1. The standard InChI is InChI=1S/C24H27N3O/c1-18-23(17-26(2)25-18)21-9-6-10-22(16-21)24(28)27-13-11-20(12-14-27)15-19-7-4-3-5-8-19/h3-10,16-17,20H,11-15H2,1-2H3. The number of benzene rings is 2. The first kappa shape index (κ1) is 18.5. The van der Waals surface area contributed by atoms with Gasteiger partial charge in [0.05, 0.1) is 5.69 Å². The number of carbonyl (C=O) groups is 1. The van der Waals surface area contributed by atoms with Crippen molar-refractivity contribution < 1.29 is 4.79 Å². The zero-order valence-electron chi connectivity index (χ0n) is 16.6. The molecule has 0 atom stereocenters. The summed E-state index contributed by atoms with van der Waals surface area (Å²) in [5.41, 5.74) is 5.28. The molecule has 1 aromatic heterocycles. The number of likely N-dealkylation sites (tertiary alicyclic amines) is 1. The van der Waals surface area contributed by atoms with Crippen LogP contribution in [0.3, 0.4) is 0 Å². The van der Waals surface area contributed by atoms with E-state index in [4.69, 9.17) is 0 Å². The van der Waals surface area contributed by atoms with Crippen LogP contribution >= 0.6 is 0 Å². The molecule has 0 radical (unpaired) electrons. The van der Waals surface area contributed by atoms with Gasteiger partial charge in [-0.25, -0.2) is 0 Å². The van der Waals surface area contributed by atoms with Crippen LogP contribution in [0.25, 0.3) is 11.1 Å². The first-order valence-corrected chi connectivity index (χ1v) is 10.0. The molecule has 2 heterocycles. The third-order valence-electron chi connectivity index (χ3n) is 5.70. The summed E-state index contributed by atoms with van der Waals surface area (Å²) in [7, 11) is 1.92. The molecule has 1 amide bonds. The zero-order valence-corrected chi connectivity index (χ0v) is 16.6. The number of aromatic nitrogens is 2. The van der Waals surface area contributed by atoms with Crippen molar-refractivity contribution in [3.05, 3.63) is 77.6 Å². The molecule has 4 rings (SSSR count). The predicted octanol–water partition coefficient (Wildman–Crippen LogP) is 4.49. The lowest BCUT2D eigenvalue weighted by Gasteiger charge is -2.32. The van der Waals surface area contributed by atoms with Crippen molar-refractivity contribution in [1.29, 1.82) is 0 Å². The van der Waals surface area contributed by atoms with Crippen LogP contribution in [-0.2, 0) is 13.5 Å². The second-order valence-electron chi connectivity index (χ2n) is 7.81. The summed E-state index contributed by atoms with van der Waals surface area (Å²) in [6, 6.07) is 18.6. The quantitative estimate of drug-likeness (QED) is 0.676. The molecule has 1 fully saturated rings. The van der Waals surface area contributed by atoms with E-state index in [0.29, 0.717) is 5.92 Å². The molecule has 4 heteroatoms. The highest BCUT2D eigenvalue weighted by molar-refractivity contribution is 5.95. The van der Waals surface area contributed by atoms with Gasteiger partial charge in [0.2, 0.25) is 0 Å². The highest BCUT2D eigenvalue weighted by atomic mass is 16.2. The molecule has 28 heavy (non-hydrogen) atoms. The van der Waals surface area contributed by atoms with Crippen molar-refractivity contribution in [3.8, 4) is 11.1 Å². The van der Waals surface area contributed by atoms with Gasteiger partial charge in [0.1, 0.15) is 0 Å². The predicted molar refractivity (Wildman–Crippen MR) is 112 cm³/mol. The lowest BCUT2D eigenvalue weighted by atomic mass is 9.90. The van der Waals surface area contributed by atoms with Crippen LogP contribution in [0.15, 0.2) is 60.8 Å². The van der Waals surface area contributed by atoms with Gasteiger partial charge in [-0.3, -0.25) is 9.48 Å². The minimum atomic E-state index is 0.140. The summed E-state index contributed by atoms with van der Waals surface area (Å²) < 4.78 is 1.82. The number of nitrogens with zero attached hydrogens (tertiary/aromatic N) is 3. The van der Waals surface area contributed by atoms with Crippen LogP contribution in [0, 0.1) is 12.8 Å². The molecule has 0 saturated carbocycles. The number of hydrogen-bond acceptors (Lipinski definition) is 2. The number of rotatable bonds is 4. The Labute approximate surface area is 166 Å². The Morgan fingerprint density at radius 1 is 1.07 bits per heavy atom. The first-order chi connectivity index (χ1) is 13.6. The van der Waals surface area contributed by atoms with E-state index in [1.807, 2.05) is 54.0 Å². The van der Waals surface area contributed by atoms with Crippen molar-refractivity contribution in [2.75, 3.05) is 13.1 Å². The molecule has 4 nitrogen and oxygen atoms in total. The van der Waals surface area contributed by atoms with Gasteiger partial charge in [-0.2, -0.15) is 5.10 Å². The van der Waals surface area contributed by atoms with Crippen LogP contribution in [0.4, 0.5) is 0 Å². The molecule has 0 bridgehead atoms. The van der Waals surface area contributed by atoms with E-state index in [1.54, 1.807) is 0 Å². The molecule has 0 spiro atoms. The van der Waals surface area contributed by atoms with Gasteiger partial charge in [0, 0.05) is 37.5 Å². The molecule has 0 aliphatic carbocycles. The molecular weight excluding hydrogens is 346 g/mol. The lowest BCUT2D eigenvalue weighted by Crippen LogP contribution is -2.38. The van der Waals surface area contributed by atoms with E-state index in [-0.39, 0.29) is 5.91 Å². The Kier molecular flexibility index (Phi) is 5.29. The van der Waals surface area contributed by atoms with E-state index in [0.717, 1.165) is 54.7 Å². The molecule has 2 aromatic carbocycles. The number of hydrogen-bond donors (Lipinski definition) is 0. The molecule has 1 aliphatic heterocycles. The maximum absolute atomic E-state index is 13.0. The minimum absolute atomic E-state index is 0.140. The van der Waals surface area contributed by atoms with Gasteiger partial charge >= 0.3 is 0 Å². The van der Waals surface area contributed by atoms with Gasteiger partial charge in [-0.05, 0) is 55.4 Å². The van der Waals surface area contributed by atoms with E-state index < -0.39 is 0 Å². The van der Waals surface area contributed by atoms with E-state index in [9.17, 15) is 4.79 Å². The third-order valence-corrected chi connectivity index (χ3v) is 5.70. The van der Waals surface area contributed by atoms with Crippen LogP contribution in [0.5, 0.6) is 0 Å². The van der Waals surface area contributed by atoms with Crippen molar-refractivity contribution in [2.45, 2.75) is 26.2 Å². The fourth-order valence-electron chi connectivity index (χ4n) is 4.17. The van der Waals surface area contributed by atoms with Crippen molar-refractivity contribution in [1.82, 2.24) is 14.7 Å². The van der Waals surface area contributed by atoms with Crippen molar-refractivity contribution in [3.63, 3.8) is 0 Å². The molecular formula is C24H27N3O. The van der Waals surface area contributed by atoms with Crippen LogP contribution in [0.2, 0.25) is 0 Å². The highest BCUT2D eigenvalue weighted by Gasteiger charge is 2.24. The number of piperidine rings is 1. The maximum atomic E-state index is 13.0. The lowest BCUT2D eigenvalue weighted by molar-refractivity contribution is 0.0690. The molecule has 3 aromatic rings. The maximum Gasteiger partial charge on any atom is 0.253 e. The minimum Gasteiger partial charge on any atom is -0.339 e. The van der Waals surface area contributed by atoms with Gasteiger partial charge in [-0.15, -0.1) is 0 Å². The molecule has 1 aliphatic rings. The average Bonchev–Trinajstić information content (AvgIpc) is 3.07. The SMILES string of the molecule is Cc1nn(C)cc1-c1cccc(C(=O)N2CCC(Cc3ccccc3)CC2)c1. The smallest absolute Gasteiger partial charge is 0.253 e. The molecule has 0 unspecified atom stereocenters. The Morgan fingerprint density at radius 2 is 1.82 bits per heavy atom. The zero-order chi connectivity index (χ0) is 19.5. The third kappa shape index (κ3) is 4.01. The summed E-state index contributed by atoms with van der Waals surface area (Å²) >= 11 is 0. The van der Waals surface area contributed by atoms with Crippen molar-refractivity contribution in [2.24, 2.45) is 13.0 Å². The van der Waals surface area contributed by atoms with E-state index in [1.165, 1.54) is 5.56 Å². The van der Waals surface area contributed by atoms with Crippen molar-refractivity contribution >= 4 is 5.91 Å². The first-order valence-electron chi connectivity index (χ1n) is 10.0. The van der Waals surface area contributed by atoms with E-state index >= 15 is 0 Å². The number of aryl methyl sites for hydroxylation is 2. The topological polar surface area (TPSA) is 38.1 Å². The Bertz CT molecular complexity index is 953. The number of carbonyl (C=O) groups excluding carboxylic acids is 1. The van der Waals surface area contributed by atoms with E-state index in [2.05, 4.69) is 35.4 Å². The summed E-state index contributed by atoms with van der Waals surface area (Å²) in [5, 5.41) is 4.42. The van der Waals surface area contributed by atoms with Gasteiger partial charge in [0.15, 0.2) is 0 Å². The Morgan fingerprint density at radius 3 is 2.50 bits per heavy atom. The Hall–Kier alpha value is -2.88. The molecule has 144 valence electrons. The summed E-state index contributed by atoms with van der Waals surface area (Å²) in [6.07, 6.45) is 5.26. The van der Waals surface area contributed by atoms with Crippen LogP contribution < -0.4 is 0 Å². The van der Waals surface area contributed by atoms with Gasteiger partial charge in [-0.1, -0.05) is 42.5 Å². The molecule has 0 N–H and O–H groups in total. The van der Waals surface area contributed by atoms with Crippen LogP contribution in [0.1, 0.15) is 34.5 Å². The normalized spacial score (nSPS) is 15.0. The highest BCUT2D eigenvalue weighted by Crippen LogP contribution is 2.26. The fraction of sp³-hybridized carbons (Fsp3) is 0.333. The summed E-state index contributed by atoms with van der Waals surface area (Å²) in [6.45, 7) is 3.68. The summed E-state index contributed by atoms with van der Waals surface area (Å²) in [5.74, 6) is 0.803. The number of amides is 1. The second kappa shape index (κ2) is 8.01. The second-order valence-corrected chi connectivity index (χ2v) is 7.81. The molecule has 1 saturated heterocycles. The van der Waals surface area contributed by atoms with Crippen LogP contribution in [-0.4, -0.2) is 33.7 Å². The largest absolute Gasteiger partial charge is 0.339 e. The fourth-order valence-corrected chi connectivity index (χ4v) is 4.17. The monoisotopic (exact) mass is 373 g/mol. The van der Waals surface area contributed by atoms with Gasteiger partial charge < -0.3 is 4.90 Å². The Balaban J connectivity index is 1.42.